The Morgan fingerprint density at radius 3 is 2.53 bits per heavy atom. The van der Waals surface area contributed by atoms with Gasteiger partial charge in [0.15, 0.2) is 0 Å². The highest BCUT2D eigenvalue weighted by Crippen LogP contribution is 2.28. The van der Waals surface area contributed by atoms with Gasteiger partial charge in [0, 0.05) is 18.5 Å². The zero-order valence-electron chi connectivity index (χ0n) is 9.80. The maximum atomic E-state index is 11.8. The number of halogens is 1. The fraction of sp³-hybridized carbons (Fsp3) is 0.455. The number of phenols is 1. The molecule has 0 amide bonds. The fourth-order valence-electron chi connectivity index (χ4n) is 1.52. The summed E-state index contributed by atoms with van der Waals surface area (Å²) in [7, 11) is -1.90. The number of alkyl halides is 1. The standard InChI is InChI=1S/C11H16ClNO3S/c1-9(10-5-3-4-6-11(10)14)13(2)17(15,16)8-7-12/h3-6,9,14H,7-8H2,1-2H3. The Labute approximate surface area is 107 Å². The van der Waals surface area contributed by atoms with Crippen LogP contribution in [0.3, 0.4) is 0 Å². The molecule has 17 heavy (non-hydrogen) atoms. The van der Waals surface area contributed by atoms with Gasteiger partial charge in [0.05, 0.1) is 11.8 Å². The van der Waals surface area contributed by atoms with Gasteiger partial charge in [-0.25, -0.2) is 8.42 Å². The Morgan fingerprint density at radius 2 is 2.00 bits per heavy atom. The van der Waals surface area contributed by atoms with E-state index in [2.05, 4.69) is 0 Å². The van der Waals surface area contributed by atoms with Crippen molar-refractivity contribution in [1.29, 1.82) is 0 Å². The summed E-state index contributed by atoms with van der Waals surface area (Å²) in [6, 6.07) is 6.26. The number of para-hydroxylation sites is 1. The summed E-state index contributed by atoms with van der Waals surface area (Å²) in [5.74, 6) is 0.0382. The molecule has 1 aromatic rings. The monoisotopic (exact) mass is 277 g/mol. The highest BCUT2D eigenvalue weighted by Gasteiger charge is 2.25. The lowest BCUT2D eigenvalue weighted by Crippen LogP contribution is -2.32. The molecule has 96 valence electrons. The molecule has 1 unspecified atom stereocenters. The van der Waals surface area contributed by atoms with Gasteiger partial charge < -0.3 is 5.11 Å². The van der Waals surface area contributed by atoms with Crippen LogP contribution in [0.2, 0.25) is 0 Å². The molecular formula is C11H16ClNO3S. The van der Waals surface area contributed by atoms with Crippen molar-refractivity contribution in [3.8, 4) is 5.75 Å². The topological polar surface area (TPSA) is 57.6 Å². The normalized spacial score (nSPS) is 13.9. The quantitative estimate of drug-likeness (QED) is 0.837. The number of benzene rings is 1. The van der Waals surface area contributed by atoms with E-state index in [1.54, 1.807) is 25.1 Å². The van der Waals surface area contributed by atoms with Crippen molar-refractivity contribution in [2.45, 2.75) is 13.0 Å². The van der Waals surface area contributed by atoms with Crippen LogP contribution in [0.4, 0.5) is 0 Å². The molecule has 1 atom stereocenters. The zero-order chi connectivity index (χ0) is 13.1. The number of rotatable bonds is 5. The number of aromatic hydroxyl groups is 1. The third kappa shape index (κ3) is 3.34. The second kappa shape index (κ2) is 5.71. The number of hydrogen-bond acceptors (Lipinski definition) is 3. The Hall–Kier alpha value is -0.780. The van der Waals surface area contributed by atoms with Crippen molar-refractivity contribution in [3.05, 3.63) is 29.8 Å². The van der Waals surface area contributed by atoms with E-state index in [4.69, 9.17) is 11.6 Å². The summed E-state index contributed by atoms with van der Waals surface area (Å²) >= 11 is 5.46. The van der Waals surface area contributed by atoms with Crippen LogP contribution in [0.1, 0.15) is 18.5 Å². The molecule has 1 N–H and O–H groups in total. The van der Waals surface area contributed by atoms with Crippen molar-refractivity contribution in [1.82, 2.24) is 4.31 Å². The number of phenolic OH excluding ortho intramolecular Hbond substituents is 1. The summed E-state index contributed by atoms with van der Waals surface area (Å²) < 4.78 is 24.9. The molecule has 0 spiro atoms. The van der Waals surface area contributed by atoms with Crippen LogP contribution in [0, 0.1) is 0 Å². The largest absolute Gasteiger partial charge is 0.508 e. The highest BCUT2D eigenvalue weighted by atomic mass is 35.5. The van der Waals surface area contributed by atoms with Crippen molar-refractivity contribution < 1.29 is 13.5 Å². The van der Waals surface area contributed by atoms with Gasteiger partial charge in [0.1, 0.15) is 5.75 Å². The van der Waals surface area contributed by atoms with E-state index >= 15 is 0 Å². The highest BCUT2D eigenvalue weighted by molar-refractivity contribution is 7.89. The molecule has 0 aliphatic rings. The van der Waals surface area contributed by atoms with Crippen molar-refractivity contribution >= 4 is 21.6 Å². The SMILES string of the molecule is CC(c1ccccc1O)N(C)S(=O)(=O)CCCl. The minimum absolute atomic E-state index is 0.0557. The Kier molecular flexibility index (Phi) is 4.80. The van der Waals surface area contributed by atoms with Crippen LogP contribution >= 0.6 is 11.6 Å². The van der Waals surface area contributed by atoms with Gasteiger partial charge in [-0.05, 0) is 13.0 Å². The van der Waals surface area contributed by atoms with E-state index in [0.717, 1.165) is 0 Å². The molecule has 0 aliphatic carbocycles. The second-order valence-corrected chi connectivity index (χ2v) is 6.28. The maximum absolute atomic E-state index is 11.8. The molecule has 0 radical (unpaired) electrons. The van der Waals surface area contributed by atoms with Gasteiger partial charge >= 0.3 is 0 Å². The average molecular weight is 278 g/mol. The van der Waals surface area contributed by atoms with Crippen LogP contribution < -0.4 is 0 Å². The maximum Gasteiger partial charge on any atom is 0.215 e. The van der Waals surface area contributed by atoms with E-state index < -0.39 is 16.1 Å². The van der Waals surface area contributed by atoms with E-state index in [9.17, 15) is 13.5 Å². The first kappa shape index (κ1) is 14.3. The molecule has 4 nitrogen and oxygen atoms in total. The number of sulfonamides is 1. The Bertz CT molecular complexity index is 475. The van der Waals surface area contributed by atoms with Crippen molar-refractivity contribution in [3.63, 3.8) is 0 Å². The first-order valence-corrected chi connectivity index (χ1v) is 7.34. The van der Waals surface area contributed by atoms with Gasteiger partial charge in [-0.15, -0.1) is 11.6 Å². The van der Waals surface area contributed by atoms with Crippen LogP contribution in [0.15, 0.2) is 24.3 Å². The molecule has 0 aliphatic heterocycles. The van der Waals surface area contributed by atoms with Crippen LogP contribution in [0.5, 0.6) is 5.75 Å². The Balaban J connectivity index is 2.99. The van der Waals surface area contributed by atoms with Gasteiger partial charge in [-0.3, -0.25) is 0 Å². The molecule has 0 fully saturated rings. The molecular weight excluding hydrogens is 262 g/mol. The zero-order valence-corrected chi connectivity index (χ0v) is 11.4. The lowest BCUT2D eigenvalue weighted by molar-refractivity contribution is 0.381. The average Bonchev–Trinajstić information content (AvgIpc) is 2.27. The third-order valence-corrected chi connectivity index (χ3v) is 5.03. The molecule has 0 bridgehead atoms. The Morgan fingerprint density at radius 1 is 1.41 bits per heavy atom. The summed E-state index contributed by atoms with van der Waals surface area (Å²) in [5, 5.41) is 9.68. The first-order chi connectivity index (χ1) is 7.90. The van der Waals surface area contributed by atoms with Crippen molar-refractivity contribution in [2.75, 3.05) is 18.7 Å². The van der Waals surface area contributed by atoms with Crippen LogP contribution in [-0.2, 0) is 10.0 Å². The van der Waals surface area contributed by atoms with E-state index in [1.807, 2.05) is 0 Å². The molecule has 1 rings (SSSR count). The minimum Gasteiger partial charge on any atom is -0.508 e. The molecule has 0 heterocycles. The summed E-state index contributed by atoms with van der Waals surface area (Å²) in [6.07, 6.45) is 0. The molecule has 0 saturated carbocycles. The number of hydrogen-bond donors (Lipinski definition) is 1. The summed E-state index contributed by atoms with van der Waals surface area (Å²) in [6.45, 7) is 1.72. The van der Waals surface area contributed by atoms with Gasteiger partial charge in [-0.1, -0.05) is 18.2 Å². The smallest absolute Gasteiger partial charge is 0.215 e. The van der Waals surface area contributed by atoms with E-state index in [1.165, 1.54) is 17.4 Å². The van der Waals surface area contributed by atoms with E-state index in [-0.39, 0.29) is 17.4 Å². The van der Waals surface area contributed by atoms with Crippen molar-refractivity contribution in [2.24, 2.45) is 0 Å². The van der Waals surface area contributed by atoms with Gasteiger partial charge in [0.25, 0.3) is 0 Å². The predicted octanol–water partition coefficient (Wildman–Crippen LogP) is 1.95. The van der Waals surface area contributed by atoms with Crippen LogP contribution in [0.25, 0.3) is 0 Å². The molecule has 0 saturated heterocycles. The first-order valence-electron chi connectivity index (χ1n) is 5.19. The minimum atomic E-state index is -3.38. The fourth-order valence-corrected chi connectivity index (χ4v) is 3.18. The molecule has 6 heteroatoms. The third-order valence-electron chi connectivity index (χ3n) is 2.71. The lowest BCUT2D eigenvalue weighted by atomic mass is 10.1. The summed E-state index contributed by atoms with van der Waals surface area (Å²) in [4.78, 5) is 0. The number of nitrogens with zero attached hydrogens (tertiary/aromatic N) is 1. The second-order valence-electron chi connectivity index (χ2n) is 3.76. The van der Waals surface area contributed by atoms with Crippen LogP contribution in [-0.4, -0.2) is 36.5 Å². The van der Waals surface area contributed by atoms with E-state index in [0.29, 0.717) is 5.56 Å². The van der Waals surface area contributed by atoms with Gasteiger partial charge in [-0.2, -0.15) is 4.31 Å². The lowest BCUT2D eigenvalue weighted by Gasteiger charge is -2.24. The molecule has 1 aromatic carbocycles. The molecule has 0 aromatic heterocycles. The van der Waals surface area contributed by atoms with Gasteiger partial charge in [0.2, 0.25) is 10.0 Å². The summed E-state index contributed by atoms with van der Waals surface area (Å²) in [5.41, 5.74) is 0.577. The predicted molar refractivity (Wildman–Crippen MR) is 68.8 cm³/mol.